The van der Waals surface area contributed by atoms with Crippen LogP contribution in [0.2, 0.25) is 0 Å². The normalized spacial score (nSPS) is 23.3. The van der Waals surface area contributed by atoms with E-state index in [2.05, 4.69) is 0 Å². The van der Waals surface area contributed by atoms with E-state index in [4.69, 9.17) is 18.9 Å². The summed E-state index contributed by atoms with van der Waals surface area (Å²) in [7, 11) is 0. The Labute approximate surface area is 206 Å². The first-order valence-corrected chi connectivity index (χ1v) is 11.2. The second-order valence-corrected chi connectivity index (χ2v) is 7.99. The van der Waals surface area contributed by atoms with E-state index in [0.29, 0.717) is 0 Å². The van der Waals surface area contributed by atoms with Crippen molar-refractivity contribution in [3.05, 3.63) is 108 Å². The molecule has 1 fully saturated rings. The van der Waals surface area contributed by atoms with E-state index < -0.39 is 55.2 Å². The van der Waals surface area contributed by atoms with Crippen LogP contribution >= 0.6 is 0 Å². The predicted octanol–water partition coefficient (Wildman–Crippen LogP) is 2.37. The molecule has 9 nitrogen and oxygen atoms in total. The number of aliphatic hydroxyl groups excluding tert-OH is 2. The van der Waals surface area contributed by atoms with Crippen molar-refractivity contribution < 1.29 is 43.5 Å². The van der Waals surface area contributed by atoms with Crippen LogP contribution in [0, 0.1) is 0 Å². The molecule has 1 heterocycles. The molecular weight excluding hydrogens is 468 g/mol. The van der Waals surface area contributed by atoms with E-state index in [9.17, 15) is 24.6 Å². The molecule has 3 aromatic rings. The van der Waals surface area contributed by atoms with Crippen LogP contribution in [0.15, 0.2) is 91.0 Å². The summed E-state index contributed by atoms with van der Waals surface area (Å²) in [5.41, 5.74) is 0.655. The number of ether oxygens (including phenoxy) is 4. The van der Waals surface area contributed by atoms with Crippen LogP contribution in [-0.2, 0) is 18.9 Å². The van der Waals surface area contributed by atoms with Gasteiger partial charge in [-0.05, 0) is 36.4 Å². The van der Waals surface area contributed by atoms with Crippen LogP contribution in [-0.4, -0.2) is 65.4 Å². The molecule has 5 atom stereocenters. The maximum Gasteiger partial charge on any atom is 0.338 e. The number of hydrogen-bond donors (Lipinski definition) is 2. The lowest BCUT2D eigenvalue weighted by atomic mass is 9.98. The first-order valence-electron chi connectivity index (χ1n) is 11.2. The van der Waals surface area contributed by atoms with Gasteiger partial charge in [-0.15, -0.1) is 0 Å². The molecule has 0 aromatic heterocycles. The maximum atomic E-state index is 12.7. The Kier molecular flexibility index (Phi) is 8.06. The quantitative estimate of drug-likeness (QED) is 0.377. The summed E-state index contributed by atoms with van der Waals surface area (Å²) in [4.78, 5) is 37.7. The Hall–Kier alpha value is -4.05. The number of esters is 3. The van der Waals surface area contributed by atoms with Gasteiger partial charge in [0.2, 0.25) is 0 Å². The highest BCUT2D eigenvalue weighted by atomic mass is 16.7. The minimum absolute atomic E-state index is 0.186. The van der Waals surface area contributed by atoms with Gasteiger partial charge < -0.3 is 29.2 Å². The van der Waals surface area contributed by atoms with E-state index in [0.717, 1.165) is 0 Å². The molecule has 186 valence electrons. The van der Waals surface area contributed by atoms with Gasteiger partial charge in [0, 0.05) is 0 Å². The number of aliphatic hydroxyl groups is 2. The molecule has 1 saturated heterocycles. The topological polar surface area (TPSA) is 129 Å². The molecule has 2 unspecified atom stereocenters. The van der Waals surface area contributed by atoms with Gasteiger partial charge in [-0.3, -0.25) is 0 Å². The van der Waals surface area contributed by atoms with E-state index in [1.165, 1.54) is 24.3 Å². The van der Waals surface area contributed by atoms with Gasteiger partial charge in [0.1, 0.15) is 18.8 Å². The van der Waals surface area contributed by atoms with Crippen molar-refractivity contribution in [3.8, 4) is 0 Å². The molecule has 3 aromatic carbocycles. The first kappa shape index (κ1) is 25.1. The molecule has 1 aliphatic rings. The standard InChI is InChI=1S/C27H24O9/c28-21-20(16-33-24(29)17-10-4-1-5-11-17)34-27(32)23(36-26(31)19-14-8-3-9-15-19)22(21)35-25(30)18-12-6-2-7-13-18/h1-15,20-23,27-28,32H,16H2/t20?,21-,22-,23?,27+/m0/s1. The van der Waals surface area contributed by atoms with Gasteiger partial charge in [0.15, 0.2) is 18.5 Å². The molecular formula is C27H24O9. The van der Waals surface area contributed by atoms with E-state index in [1.807, 2.05) is 0 Å². The summed E-state index contributed by atoms with van der Waals surface area (Å²) in [6.07, 6.45) is -7.72. The van der Waals surface area contributed by atoms with Crippen molar-refractivity contribution in [2.45, 2.75) is 30.7 Å². The Bertz CT molecular complexity index is 1170. The Morgan fingerprint density at radius 1 is 0.639 bits per heavy atom. The highest BCUT2D eigenvalue weighted by Crippen LogP contribution is 2.27. The Balaban J connectivity index is 1.52. The largest absolute Gasteiger partial charge is 0.459 e. The second kappa shape index (κ2) is 11.6. The van der Waals surface area contributed by atoms with Crippen LogP contribution in [0.3, 0.4) is 0 Å². The van der Waals surface area contributed by atoms with Crippen LogP contribution in [0.25, 0.3) is 0 Å². The van der Waals surface area contributed by atoms with Gasteiger partial charge >= 0.3 is 17.9 Å². The van der Waals surface area contributed by atoms with E-state index >= 15 is 0 Å². The molecule has 1 aliphatic heterocycles. The highest BCUT2D eigenvalue weighted by Gasteiger charge is 2.50. The van der Waals surface area contributed by atoms with Crippen molar-refractivity contribution in [1.29, 1.82) is 0 Å². The third-order valence-electron chi connectivity index (χ3n) is 5.53. The minimum Gasteiger partial charge on any atom is -0.459 e. The van der Waals surface area contributed by atoms with Crippen molar-refractivity contribution in [1.82, 2.24) is 0 Å². The predicted molar refractivity (Wildman–Crippen MR) is 125 cm³/mol. The average molecular weight is 492 g/mol. The fraction of sp³-hybridized carbons (Fsp3) is 0.222. The number of hydrogen-bond acceptors (Lipinski definition) is 9. The van der Waals surface area contributed by atoms with Gasteiger partial charge in [-0.1, -0.05) is 54.6 Å². The van der Waals surface area contributed by atoms with Crippen molar-refractivity contribution in [3.63, 3.8) is 0 Å². The molecule has 0 radical (unpaired) electrons. The van der Waals surface area contributed by atoms with Crippen molar-refractivity contribution in [2.24, 2.45) is 0 Å². The van der Waals surface area contributed by atoms with Gasteiger partial charge in [-0.25, -0.2) is 14.4 Å². The molecule has 0 aliphatic carbocycles. The lowest BCUT2D eigenvalue weighted by Gasteiger charge is -2.41. The lowest BCUT2D eigenvalue weighted by Crippen LogP contribution is -2.61. The molecule has 2 N–H and O–H groups in total. The SMILES string of the molecule is O=C(OCC1O[C@@H](O)C(OC(=O)c2ccccc2)[C@@H](OC(=O)c2ccccc2)[C@H]1O)c1ccccc1. The molecule has 4 rings (SSSR count). The number of carbonyl (C=O) groups excluding carboxylic acids is 3. The van der Waals surface area contributed by atoms with Crippen LogP contribution in [0.4, 0.5) is 0 Å². The molecule has 0 bridgehead atoms. The van der Waals surface area contributed by atoms with Crippen molar-refractivity contribution >= 4 is 17.9 Å². The smallest absolute Gasteiger partial charge is 0.338 e. The monoisotopic (exact) mass is 492 g/mol. The van der Waals surface area contributed by atoms with E-state index in [-0.39, 0.29) is 16.7 Å². The zero-order chi connectivity index (χ0) is 25.5. The summed E-state index contributed by atoms with van der Waals surface area (Å²) in [5.74, 6) is -2.30. The first-order chi connectivity index (χ1) is 17.4. The summed E-state index contributed by atoms with van der Waals surface area (Å²) in [5, 5.41) is 21.6. The van der Waals surface area contributed by atoms with Gasteiger partial charge in [0.05, 0.1) is 16.7 Å². The third kappa shape index (κ3) is 5.95. The number of rotatable bonds is 7. The molecule has 0 amide bonds. The Morgan fingerprint density at radius 3 is 1.53 bits per heavy atom. The number of carbonyl (C=O) groups is 3. The summed E-state index contributed by atoms with van der Waals surface area (Å²) in [6, 6.07) is 24.1. The summed E-state index contributed by atoms with van der Waals surface area (Å²) < 4.78 is 21.5. The molecule has 0 saturated carbocycles. The fourth-order valence-electron chi connectivity index (χ4n) is 3.65. The second-order valence-electron chi connectivity index (χ2n) is 7.99. The van der Waals surface area contributed by atoms with Crippen LogP contribution < -0.4 is 0 Å². The third-order valence-corrected chi connectivity index (χ3v) is 5.53. The van der Waals surface area contributed by atoms with Gasteiger partial charge in [0.25, 0.3) is 0 Å². The van der Waals surface area contributed by atoms with Crippen molar-refractivity contribution in [2.75, 3.05) is 6.61 Å². The van der Waals surface area contributed by atoms with E-state index in [1.54, 1.807) is 66.7 Å². The zero-order valence-corrected chi connectivity index (χ0v) is 19.0. The Morgan fingerprint density at radius 2 is 1.06 bits per heavy atom. The maximum absolute atomic E-state index is 12.7. The summed E-state index contributed by atoms with van der Waals surface area (Å²) in [6.45, 7) is -0.454. The minimum atomic E-state index is -1.78. The lowest BCUT2D eigenvalue weighted by molar-refractivity contribution is -0.284. The fourth-order valence-corrected chi connectivity index (χ4v) is 3.65. The summed E-state index contributed by atoms with van der Waals surface area (Å²) >= 11 is 0. The average Bonchev–Trinajstić information content (AvgIpc) is 2.92. The van der Waals surface area contributed by atoms with Gasteiger partial charge in [-0.2, -0.15) is 0 Å². The number of benzene rings is 3. The molecule has 0 spiro atoms. The molecule has 36 heavy (non-hydrogen) atoms. The molecule has 9 heteroatoms. The van der Waals surface area contributed by atoms with Crippen LogP contribution in [0.5, 0.6) is 0 Å². The van der Waals surface area contributed by atoms with Crippen LogP contribution in [0.1, 0.15) is 31.1 Å². The zero-order valence-electron chi connectivity index (χ0n) is 19.0. The highest BCUT2D eigenvalue weighted by molar-refractivity contribution is 5.90.